The molecule has 1 aromatic carbocycles. The third-order valence-electron chi connectivity index (χ3n) is 4.35. The molecule has 2 atom stereocenters. The van der Waals surface area contributed by atoms with Crippen LogP contribution in [0.5, 0.6) is 0 Å². The second-order valence-electron chi connectivity index (χ2n) is 5.87. The second-order valence-corrected chi connectivity index (χ2v) is 5.87. The summed E-state index contributed by atoms with van der Waals surface area (Å²) < 4.78 is 1.44. The van der Waals surface area contributed by atoms with Crippen LogP contribution < -0.4 is 16.6 Å². The highest BCUT2D eigenvalue weighted by atomic mass is 16.3. The van der Waals surface area contributed by atoms with Crippen molar-refractivity contribution in [3.05, 3.63) is 34.4 Å². The van der Waals surface area contributed by atoms with Crippen LogP contribution in [0.4, 0.5) is 5.69 Å². The van der Waals surface area contributed by atoms with Crippen molar-refractivity contribution in [2.45, 2.75) is 38.5 Å². The first kappa shape index (κ1) is 14.5. The number of fused-ring (bicyclic) bond motifs is 1. The number of rotatable bonds is 1. The van der Waals surface area contributed by atoms with E-state index in [1.54, 1.807) is 32.0 Å². The number of nitrogen functional groups attached to an aromatic ring is 1. The molecule has 1 unspecified atom stereocenters. The van der Waals surface area contributed by atoms with E-state index >= 15 is 0 Å². The van der Waals surface area contributed by atoms with Crippen molar-refractivity contribution >= 4 is 22.5 Å². The lowest BCUT2D eigenvalue weighted by molar-refractivity contribution is -0.132. The summed E-state index contributed by atoms with van der Waals surface area (Å²) in [5.74, 6) is 0.240. The smallest absolute Gasteiger partial charge is 0.264 e. The second kappa shape index (κ2) is 4.81. The Morgan fingerprint density at radius 1 is 1.45 bits per heavy atom. The van der Waals surface area contributed by atoms with Crippen molar-refractivity contribution in [2.75, 3.05) is 5.73 Å². The monoisotopic (exact) mass is 302 g/mol. The number of carbonyl (C=O) groups excluding carboxylic acids is 1. The van der Waals surface area contributed by atoms with Gasteiger partial charge in [0.05, 0.1) is 16.4 Å². The highest BCUT2D eigenvalue weighted by molar-refractivity contribution is 5.89. The van der Waals surface area contributed by atoms with Crippen LogP contribution in [0.2, 0.25) is 0 Å². The average molecular weight is 302 g/mol. The number of nitrogens with one attached hydrogen (secondary N) is 1. The molecule has 0 bridgehead atoms. The first-order valence-electron chi connectivity index (χ1n) is 7.10. The number of hydrogen-bond acceptors (Lipinski definition) is 5. The van der Waals surface area contributed by atoms with Gasteiger partial charge < -0.3 is 16.2 Å². The fourth-order valence-electron chi connectivity index (χ4n) is 3.09. The molecule has 7 nitrogen and oxygen atoms in total. The molecule has 1 aliphatic rings. The number of hydrogen-bond donors (Lipinski definition) is 3. The summed E-state index contributed by atoms with van der Waals surface area (Å²) in [7, 11) is 0. The van der Waals surface area contributed by atoms with Crippen molar-refractivity contribution in [1.29, 1.82) is 0 Å². The van der Waals surface area contributed by atoms with Gasteiger partial charge in [0.15, 0.2) is 0 Å². The maximum absolute atomic E-state index is 12.9. The van der Waals surface area contributed by atoms with Gasteiger partial charge >= 0.3 is 0 Å². The molecule has 1 amide bonds. The highest BCUT2D eigenvalue weighted by Crippen LogP contribution is 2.29. The first-order chi connectivity index (χ1) is 10.3. The highest BCUT2D eigenvalue weighted by Gasteiger charge is 2.42. The predicted molar refractivity (Wildman–Crippen MR) is 82.2 cm³/mol. The molecule has 1 aromatic heterocycles. The number of nitrogens with zero attached hydrogens (tertiary/aromatic N) is 2. The number of anilines is 1. The maximum atomic E-state index is 12.9. The molecule has 0 spiro atoms. The summed E-state index contributed by atoms with van der Waals surface area (Å²) in [4.78, 5) is 28.8. The fourth-order valence-corrected chi connectivity index (χ4v) is 3.09. The van der Waals surface area contributed by atoms with Gasteiger partial charge in [0.2, 0.25) is 5.91 Å². The molecule has 2 aromatic rings. The van der Waals surface area contributed by atoms with Crippen molar-refractivity contribution in [3.8, 4) is 0 Å². The summed E-state index contributed by atoms with van der Waals surface area (Å²) in [6.07, 6.45) is -0.572. The third-order valence-corrected chi connectivity index (χ3v) is 4.35. The number of benzene rings is 1. The minimum absolute atomic E-state index is 0.232. The number of piperidine rings is 1. The van der Waals surface area contributed by atoms with Gasteiger partial charge in [-0.25, -0.2) is 4.98 Å². The summed E-state index contributed by atoms with van der Waals surface area (Å²) in [6.45, 7) is 3.44. The Balaban J connectivity index is 2.29. The van der Waals surface area contributed by atoms with Crippen molar-refractivity contribution < 1.29 is 9.90 Å². The molecule has 4 N–H and O–H groups in total. The van der Waals surface area contributed by atoms with E-state index < -0.39 is 11.8 Å². The van der Waals surface area contributed by atoms with Crippen molar-refractivity contribution in [1.82, 2.24) is 14.9 Å². The van der Waals surface area contributed by atoms with E-state index in [1.165, 1.54) is 4.57 Å². The molecule has 1 saturated heterocycles. The van der Waals surface area contributed by atoms with E-state index in [0.29, 0.717) is 28.8 Å². The number of aliphatic hydroxyl groups excluding tert-OH is 1. The normalized spacial score (nSPS) is 25.2. The van der Waals surface area contributed by atoms with E-state index in [9.17, 15) is 14.7 Å². The van der Waals surface area contributed by atoms with Crippen molar-refractivity contribution in [2.24, 2.45) is 0 Å². The first-order valence-corrected chi connectivity index (χ1v) is 7.10. The summed E-state index contributed by atoms with van der Waals surface area (Å²) >= 11 is 0. The molecule has 0 aliphatic carbocycles. The predicted octanol–water partition coefficient (Wildman–Crippen LogP) is 0.231. The van der Waals surface area contributed by atoms with Crippen LogP contribution in [-0.4, -0.2) is 26.8 Å². The van der Waals surface area contributed by atoms with Crippen LogP contribution in [0.3, 0.4) is 0 Å². The van der Waals surface area contributed by atoms with E-state index in [0.717, 1.165) is 0 Å². The molecule has 0 saturated carbocycles. The molecule has 22 heavy (non-hydrogen) atoms. The number of nitrogens with two attached hydrogens (primary N) is 1. The topological polar surface area (TPSA) is 110 Å². The van der Waals surface area contributed by atoms with Gasteiger partial charge in [0.25, 0.3) is 5.56 Å². The van der Waals surface area contributed by atoms with Gasteiger partial charge in [-0.15, -0.1) is 0 Å². The number of carbonyl (C=O) groups is 1. The molecule has 7 heteroatoms. The zero-order valence-corrected chi connectivity index (χ0v) is 12.5. The Morgan fingerprint density at radius 2 is 2.18 bits per heavy atom. The number of amides is 1. The summed E-state index contributed by atoms with van der Waals surface area (Å²) in [5.41, 5.74) is 5.53. The summed E-state index contributed by atoms with van der Waals surface area (Å²) in [6, 6.07) is 5.11. The lowest BCUT2D eigenvalue weighted by Crippen LogP contribution is -2.59. The molecule has 2 heterocycles. The molecule has 116 valence electrons. The largest absolute Gasteiger partial charge is 0.398 e. The van der Waals surface area contributed by atoms with Crippen LogP contribution in [0.25, 0.3) is 10.9 Å². The lowest BCUT2D eigenvalue weighted by Gasteiger charge is -2.40. The SMILES string of the molecule is Cc1nc2cccc(N)c2c(=O)n1[C@@]1(C)CCC(=O)NC1O. The Labute approximate surface area is 126 Å². The molecule has 1 aliphatic heterocycles. The van der Waals surface area contributed by atoms with Crippen LogP contribution >= 0.6 is 0 Å². The average Bonchev–Trinajstić information content (AvgIpc) is 2.43. The zero-order chi connectivity index (χ0) is 16.1. The minimum atomic E-state index is -1.16. The Morgan fingerprint density at radius 3 is 2.86 bits per heavy atom. The fraction of sp³-hybridized carbons (Fsp3) is 0.400. The molecule has 0 radical (unpaired) electrons. The quantitative estimate of drug-likeness (QED) is 0.653. The van der Waals surface area contributed by atoms with E-state index in [1.807, 2.05) is 0 Å². The van der Waals surface area contributed by atoms with Gasteiger partial charge in [-0.2, -0.15) is 0 Å². The zero-order valence-electron chi connectivity index (χ0n) is 12.5. The van der Waals surface area contributed by atoms with Crippen LogP contribution in [0.1, 0.15) is 25.6 Å². The molecule has 3 rings (SSSR count). The van der Waals surface area contributed by atoms with Gasteiger partial charge in [-0.1, -0.05) is 6.07 Å². The van der Waals surface area contributed by atoms with Gasteiger partial charge in [0, 0.05) is 12.1 Å². The Kier molecular flexibility index (Phi) is 3.17. The third kappa shape index (κ3) is 1.97. The number of aromatic nitrogens is 2. The standard InChI is InChI=1S/C15H18N4O3/c1-8-17-10-5-3-4-9(16)12(10)13(21)19(8)15(2)7-6-11(20)18-14(15)22/h3-5,14,22H,6-7,16H2,1-2H3,(H,18,20)/t14?,15-/m0/s1. The van der Waals surface area contributed by atoms with Crippen LogP contribution in [0.15, 0.2) is 23.0 Å². The number of aryl methyl sites for hydroxylation is 1. The lowest BCUT2D eigenvalue weighted by atomic mass is 9.89. The van der Waals surface area contributed by atoms with Gasteiger partial charge in [-0.3, -0.25) is 14.2 Å². The molecular formula is C15H18N4O3. The van der Waals surface area contributed by atoms with Gasteiger partial charge in [0.1, 0.15) is 12.1 Å². The van der Waals surface area contributed by atoms with Crippen LogP contribution in [-0.2, 0) is 10.3 Å². The van der Waals surface area contributed by atoms with Crippen molar-refractivity contribution in [3.63, 3.8) is 0 Å². The van der Waals surface area contributed by atoms with Crippen LogP contribution in [0, 0.1) is 6.92 Å². The maximum Gasteiger partial charge on any atom is 0.264 e. The molecular weight excluding hydrogens is 284 g/mol. The molecule has 1 fully saturated rings. The summed E-state index contributed by atoms with van der Waals surface area (Å²) in [5, 5.41) is 13.1. The van der Waals surface area contributed by atoms with E-state index in [-0.39, 0.29) is 17.9 Å². The van der Waals surface area contributed by atoms with E-state index in [4.69, 9.17) is 5.73 Å². The van der Waals surface area contributed by atoms with Gasteiger partial charge in [-0.05, 0) is 32.4 Å². The Hall–Kier alpha value is -2.41. The minimum Gasteiger partial charge on any atom is -0.398 e. The number of aliphatic hydroxyl groups is 1. The Bertz CT molecular complexity index is 829. The van der Waals surface area contributed by atoms with E-state index in [2.05, 4.69) is 10.3 Å².